The minimum atomic E-state index is -0.265. The number of fused-ring (bicyclic) bond motifs is 1. The number of β-amino-alcohol motifs (C(OH)–C–C–N with tert-alkyl or cyclic N) is 1. The van der Waals surface area contributed by atoms with Crippen molar-refractivity contribution < 1.29 is 5.11 Å². The zero-order valence-electron chi connectivity index (χ0n) is 12.7. The Kier molecular flexibility index (Phi) is 4.03. The maximum absolute atomic E-state index is 9.49. The number of anilines is 1. The predicted octanol–water partition coefficient (Wildman–Crippen LogP) is 1.44. The van der Waals surface area contributed by atoms with Gasteiger partial charge < -0.3 is 10.0 Å². The number of nitrogens with zero attached hydrogens (tertiary/aromatic N) is 4. The van der Waals surface area contributed by atoms with Gasteiger partial charge in [0.25, 0.3) is 0 Å². The molecule has 1 N–H and O–H groups in total. The van der Waals surface area contributed by atoms with E-state index >= 15 is 0 Å². The second kappa shape index (κ2) is 5.95. The Bertz CT molecular complexity index is 615. The van der Waals surface area contributed by atoms with Crippen molar-refractivity contribution in [1.29, 1.82) is 0 Å². The zero-order valence-corrected chi connectivity index (χ0v) is 12.7. The molecule has 5 heteroatoms. The van der Waals surface area contributed by atoms with Crippen LogP contribution in [0.15, 0.2) is 24.5 Å². The molecule has 112 valence electrons. The van der Waals surface area contributed by atoms with E-state index in [0.717, 1.165) is 49.4 Å². The summed E-state index contributed by atoms with van der Waals surface area (Å²) in [5.41, 5.74) is 2.22. The predicted molar refractivity (Wildman–Crippen MR) is 84.6 cm³/mol. The molecule has 0 saturated carbocycles. The second-order valence-corrected chi connectivity index (χ2v) is 5.80. The van der Waals surface area contributed by atoms with Gasteiger partial charge in [-0.3, -0.25) is 4.90 Å². The van der Waals surface area contributed by atoms with E-state index < -0.39 is 0 Å². The lowest BCUT2D eigenvalue weighted by Gasteiger charge is -2.36. The first-order valence-electron chi connectivity index (χ1n) is 7.51. The number of aromatic nitrogens is 2. The van der Waals surface area contributed by atoms with Crippen molar-refractivity contribution in [3.63, 3.8) is 0 Å². The molecule has 0 radical (unpaired) electrons. The number of aryl methyl sites for hydroxylation is 1. The molecule has 0 unspecified atom stereocenters. The summed E-state index contributed by atoms with van der Waals surface area (Å²) >= 11 is 0. The van der Waals surface area contributed by atoms with Gasteiger partial charge in [0.1, 0.15) is 12.1 Å². The molecule has 1 aromatic carbocycles. The monoisotopic (exact) mass is 286 g/mol. The van der Waals surface area contributed by atoms with Crippen molar-refractivity contribution in [2.45, 2.75) is 20.0 Å². The maximum Gasteiger partial charge on any atom is 0.140 e. The van der Waals surface area contributed by atoms with E-state index in [1.807, 2.05) is 19.1 Å². The highest BCUT2D eigenvalue weighted by atomic mass is 16.3. The molecule has 2 heterocycles. The van der Waals surface area contributed by atoms with Gasteiger partial charge in [-0.25, -0.2) is 9.97 Å². The fourth-order valence-electron chi connectivity index (χ4n) is 3.02. The molecular formula is C16H22N4O. The summed E-state index contributed by atoms with van der Waals surface area (Å²) < 4.78 is 0. The van der Waals surface area contributed by atoms with Gasteiger partial charge in [-0.05, 0) is 25.5 Å². The van der Waals surface area contributed by atoms with E-state index in [2.05, 4.69) is 32.8 Å². The molecule has 3 rings (SSSR count). The smallest absolute Gasteiger partial charge is 0.140 e. The fraction of sp³-hybridized carbons (Fsp3) is 0.500. The summed E-state index contributed by atoms with van der Waals surface area (Å²) in [5, 5.41) is 10.6. The van der Waals surface area contributed by atoms with Crippen LogP contribution in [0.25, 0.3) is 10.9 Å². The van der Waals surface area contributed by atoms with Crippen LogP contribution in [-0.4, -0.2) is 58.8 Å². The van der Waals surface area contributed by atoms with Crippen LogP contribution >= 0.6 is 0 Å². The Morgan fingerprint density at radius 1 is 1.19 bits per heavy atom. The summed E-state index contributed by atoms with van der Waals surface area (Å²) in [6, 6.07) is 6.19. The van der Waals surface area contributed by atoms with E-state index in [9.17, 15) is 5.11 Å². The van der Waals surface area contributed by atoms with Gasteiger partial charge >= 0.3 is 0 Å². The third-order valence-electron chi connectivity index (χ3n) is 4.05. The normalized spacial score (nSPS) is 18.1. The van der Waals surface area contributed by atoms with Gasteiger partial charge in [0.2, 0.25) is 0 Å². The summed E-state index contributed by atoms with van der Waals surface area (Å²) in [6.45, 7) is 8.49. The molecule has 21 heavy (non-hydrogen) atoms. The third-order valence-corrected chi connectivity index (χ3v) is 4.05. The Morgan fingerprint density at radius 2 is 1.95 bits per heavy atom. The van der Waals surface area contributed by atoms with Crippen molar-refractivity contribution in [3.8, 4) is 0 Å². The Hall–Kier alpha value is -1.72. The summed E-state index contributed by atoms with van der Waals surface area (Å²) in [5.74, 6) is 1.04. The molecule has 1 aliphatic heterocycles. The van der Waals surface area contributed by atoms with Crippen LogP contribution in [0.3, 0.4) is 0 Å². The molecule has 1 aromatic heterocycles. The van der Waals surface area contributed by atoms with Crippen LogP contribution < -0.4 is 4.90 Å². The Balaban J connectivity index is 1.83. The maximum atomic E-state index is 9.49. The molecule has 0 aliphatic carbocycles. The average Bonchev–Trinajstić information content (AvgIpc) is 2.47. The first kappa shape index (κ1) is 14.2. The highest BCUT2D eigenvalue weighted by molar-refractivity contribution is 5.92. The third kappa shape index (κ3) is 2.99. The van der Waals surface area contributed by atoms with Gasteiger partial charge in [0, 0.05) is 38.1 Å². The zero-order chi connectivity index (χ0) is 14.8. The summed E-state index contributed by atoms with van der Waals surface area (Å²) in [7, 11) is 0. The van der Waals surface area contributed by atoms with Gasteiger partial charge in [0.15, 0.2) is 0 Å². The van der Waals surface area contributed by atoms with Gasteiger partial charge in [0.05, 0.1) is 11.6 Å². The van der Waals surface area contributed by atoms with Crippen LogP contribution in [0.2, 0.25) is 0 Å². The lowest BCUT2D eigenvalue weighted by molar-refractivity contribution is 0.122. The van der Waals surface area contributed by atoms with Crippen molar-refractivity contribution in [1.82, 2.24) is 14.9 Å². The van der Waals surface area contributed by atoms with Crippen LogP contribution in [0.5, 0.6) is 0 Å². The van der Waals surface area contributed by atoms with Crippen LogP contribution in [0.4, 0.5) is 5.82 Å². The molecule has 0 amide bonds. The van der Waals surface area contributed by atoms with E-state index in [0.29, 0.717) is 0 Å². The van der Waals surface area contributed by atoms with E-state index in [1.54, 1.807) is 6.33 Å². The van der Waals surface area contributed by atoms with E-state index in [1.165, 1.54) is 5.56 Å². The molecule has 1 saturated heterocycles. The number of rotatable bonds is 3. The molecule has 0 bridgehead atoms. The van der Waals surface area contributed by atoms with Gasteiger partial charge in [-0.2, -0.15) is 0 Å². The summed E-state index contributed by atoms with van der Waals surface area (Å²) in [6.07, 6.45) is 1.39. The Labute approximate surface area is 125 Å². The number of hydrogen-bond acceptors (Lipinski definition) is 5. The SMILES string of the molecule is Cc1cccc2ncnc(N3CCN(C[C@@H](C)O)CC3)c12. The fourth-order valence-corrected chi connectivity index (χ4v) is 3.02. The first-order chi connectivity index (χ1) is 10.1. The minimum absolute atomic E-state index is 0.265. The minimum Gasteiger partial charge on any atom is -0.392 e. The van der Waals surface area contributed by atoms with E-state index in [-0.39, 0.29) is 6.10 Å². The highest BCUT2D eigenvalue weighted by Gasteiger charge is 2.21. The van der Waals surface area contributed by atoms with Crippen LogP contribution in [-0.2, 0) is 0 Å². The summed E-state index contributed by atoms with van der Waals surface area (Å²) in [4.78, 5) is 13.5. The number of aliphatic hydroxyl groups is 1. The standard InChI is InChI=1S/C16H22N4O/c1-12-4-3-5-14-15(12)16(18-11-17-14)20-8-6-19(7-9-20)10-13(2)21/h3-5,11,13,21H,6-10H2,1-2H3/t13-/m1/s1. The average molecular weight is 286 g/mol. The van der Waals surface area contributed by atoms with Gasteiger partial charge in [-0.1, -0.05) is 12.1 Å². The number of benzene rings is 1. The molecule has 0 spiro atoms. The Morgan fingerprint density at radius 3 is 2.67 bits per heavy atom. The lowest BCUT2D eigenvalue weighted by Crippen LogP contribution is -2.48. The first-order valence-corrected chi connectivity index (χ1v) is 7.51. The van der Waals surface area contributed by atoms with Crippen LogP contribution in [0.1, 0.15) is 12.5 Å². The topological polar surface area (TPSA) is 52.5 Å². The number of hydrogen-bond donors (Lipinski definition) is 1. The van der Waals surface area contributed by atoms with Crippen molar-refractivity contribution in [3.05, 3.63) is 30.1 Å². The quantitative estimate of drug-likeness (QED) is 0.925. The largest absolute Gasteiger partial charge is 0.392 e. The number of piperazine rings is 1. The van der Waals surface area contributed by atoms with Gasteiger partial charge in [-0.15, -0.1) is 0 Å². The molecule has 2 aromatic rings. The van der Waals surface area contributed by atoms with Crippen molar-refractivity contribution in [2.75, 3.05) is 37.6 Å². The molecule has 1 atom stereocenters. The molecular weight excluding hydrogens is 264 g/mol. The second-order valence-electron chi connectivity index (χ2n) is 5.80. The van der Waals surface area contributed by atoms with Crippen molar-refractivity contribution in [2.24, 2.45) is 0 Å². The lowest BCUT2D eigenvalue weighted by atomic mass is 10.1. The number of aliphatic hydroxyl groups excluding tert-OH is 1. The van der Waals surface area contributed by atoms with E-state index in [4.69, 9.17) is 0 Å². The van der Waals surface area contributed by atoms with Crippen molar-refractivity contribution >= 4 is 16.7 Å². The van der Waals surface area contributed by atoms with Crippen LogP contribution in [0, 0.1) is 6.92 Å². The molecule has 5 nitrogen and oxygen atoms in total. The highest BCUT2D eigenvalue weighted by Crippen LogP contribution is 2.26. The molecule has 1 fully saturated rings. The molecule has 1 aliphatic rings.